The number of hydrogen-bond donors (Lipinski definition) is 3. The van der Waals surface area contributed by atoms with E-state index in [1.165, 1.54) is 22.0 Å². The Balaban J connectivity index is 1.38. The van der Waals surface area contributed by atoms with E-state index in [0.717, 1.165) is 25.9 Å². The minimum absolute atomic E-state index is 0.182. The van der Waals surface area contributed by atoms with Crippen molar-refractivity contribution < 1.29 is 14.7 Å². The van der Waals surface area contributed by atoms with E-state index >= 15 is 0 Å². The second-order valence-corrected chi connectivity index (χ2v) is 6.94. The highest BCUT2D eigenvalue weighted by molar-refractivity contribution is 5.98. The van der Waals surface area contributed by atoms with Crippen molar-refractivity contribution in [2.24, 2.45) is 0 Å². The number of aromatic nitrogens is 2. The van der Waals surface area contributed by atoms with E-state index in [0.29, 0.717) is 12.2 Å². The molecule has 8 nitrogen and oxygen atoms in total. The molecule has 0 radical (unpaired) electrons. The van der Waals surface area contributed by atoms with Gasteiger partial charge in [0.2, 0.25) is 0 Å². The van der Waals surface area contributed by atoms with Crippen LogP contribution in [0.2, 0.25) is 0 Å². The highest BCUT2D eigenvalue weighted by atomic mass is 16.3. The molecule has 4 rings (SSSR count). The number of benzene rings is 1. The fourth-order valence-corrected chi connectivity index (χ4v) is 3.65. The minimum Gasteiger partial charge on any atom is -0.389 e. The second-order valence-electron chi connectivity index (χ2n) is 6.94. The van der Waals surface area contributed by atoms with Gasteiger partial charge in [0.05, 0.1) is 12.6 Å². The SMILES string of the molecule is O=C(NCCN1CCCc2ccccc21)c1cc2n(n1)CC(O)CNC2=O. The number of carbonyl (C=O) groups is 2. The average Bonchev–Trinajstić information content (AvgIpc) is 3.04. The van der Waals surface area contributed by atoms with Gasteiger partial charge in [0.25, 0.3) is 11.8 Å². The molecule has 2 aromatic rings. The Labute approximate surface area is 157 Å². The summed E-state index contributed by atoms with van der Waals surface area (Å²) < 4.78 is 1.39. The van der Waals surface area contributed by atoms with Gasteiger partial charge in [0, 0.05) is 37.9 Å². The fourth-order valence-electron chi connectivity index (χ4n) is 3.65. The van der Waals surface area contributed by atoms with Crippen LogP contribution >= 0.6 is 0 Å². The number of nitrogens with zero attached hydrogens (tertiary/aromatic N) is 3. The summed E-state index contributed by atoms with van der Waals surface area (Å²) in [6, 6.07) is 9.83. The topological polar surface area (TPSA) is 99.5 Å². The predicted octanol–water partition coefficient (Wildman–Crippen LogP) is 0.170. The number of amides is 2. The van der Waals surface area contributed by atoms with E-state index in [9.17, 15) is 14.7 Å². The first kappa shape index (κ1) is 17.5. The standard InChI is InChI=1S/C19H23N5O3/c25-14-11-21-19(27)17-10-15(22-24(17)12-14)18(26)20-7-9-23-8-3-5-13-4-1-2-6-16(13)23/h1-2,4,6,10,14,25H,3,5,7-9,11-12H2,(H,20,26)(H,21,27). The van der Waals surface area contributed by atoms with Crippen molar-refractivity contribution in [3.05, 3.63) is 47.3 Å². The molecular formula is C19H23N5O3. The number of aliphatic hydroxyl groups excluding tert-OH is 1. The number of rotatable bonds is 4. The Morgan fingerprint density at radius 2 is 2.22 bits per heavy atom. The van der Waals surface area contributed by atoms with Crippen LogP contribution in [0.25, 0.3) is 0 Å². The van der Waals surface area contributed by atoms with E-state index in [2.05, 4.69) is 38.8 Å². The minimum atomic E-state index is -0.717. The van der Waals surface area contributed by atoms with Crippen molar-refractivity contribution in [3.8, 4) is 0 Å². The number of para-hydroxylation sites is 1. The van der Waals surface area contributed by atoms with Crippen LogP contribution in [0, 0.1) is 0 Å². The Bertz CT molecular complexity index is 863. The zero-order valence-electron chi connectivity index (χ0n) is 15.0. The first-order chi connectivity index (χ1) is 13.1. The van der Waals surface area contributed by atoms with Gasteiger partial charge < -0.3 is 20.6 Å². The highest BCUT2D eigenvalue weighted by Gasteiger charge is 2.24. The number of hydrogen-bond acceptors (Lipinski definition) is 5. The molecule has 0 saturated carbocycles. The molecule has 1 aromatic heterocycles. The molecule has 1 aromatic carbocycles. The summed E-state index contributed by atoms with van der Waals surface area (Å²) >= 11 is 0. The first-order valence-electron chi connectivity index (χ1n) is 9.27. The van der Waals surface area contributed by atoms with Crippen molar-refractivity contribution in [1.82, 2.24) is 20.4 Å². The second kappa shape index (κ2) is 7.40. The van der Waals surface area contributed by atoms with Gasteiger partial charge in [-0.1, -0.05) is 18.2 Å². The van der Waals surface area contributed by atoms with Crippen LogP contribution in [0.3, 0.4) is 0 Å². The third kappa shape index (κ3) is 3.66. The van der Waals surface area contributed by atoms with Gasteiger partial charge in [-0.25, -0.2) is 0 Å². The number of nitrogens with one attached hydrogen (secondary N) is 2. The van der Waals surface area contributed by atoms with Crippen molar-refractivity contribution in [1.29, 1.82) is 0 Å². The fraction of sp³-hybridized carbons (Fsp3) is 0.421. The van der Waals surface area contributed by atoms with Crippen LogP contribution in [0.15, 0.2) is 30.3 Å². The lowest BCUT2D eigenvalue weighted by Crippen LogP contribution is -2.37. The highest BCUT2D eigenvalue weighted by Crippen LogP contribution is 2.26. The summed E-state index contributed by atoms with van der Waals surface area (Å²) in [6.45, 7) is 2.55. The van der Waals surface area contributed by atoms with Gasteiger partial charge in [0.15, 0.2) is 5.69 Å². The monoisotopic (exact) mass is 369 g/mol. The van der Waals surface area contributed by atoms with Gasteiger partial charge in [-0.2, -0.15) is 5.10 Å². The first-order valence-corrected chi connectivity index (χ1v) is 9.27. The third-order valence-corrected chi connectivity index (χ3v) is 5.00. The molecule has 0 saturated heterocycles. The summed E-state index contributed by atoms with van der Waals surface area (Å²) in [5.74, 6) is -0.647. The number of anilines is 1. The summed E-state index contributed by atoms with van der Waals surface area (Å²) in [6.07, 6.45) is 1.48. The lowest BCUT2D eigenvalue weighted by atomic mass is 10.0. The molecule has 142 valence electrons. The molecule has 2 aliphatic heterocycles. The van der Waals surface area contributed by atoms with Crippen LogP contribution in [-0.4, -0.2) is 59.0 Å². The normalized spacial score (nSPS) is 18.9. The van der Waals surface area contributed by atoms with Crippen LogP contribution in [0.5, 0.6) is 0 Å². The number of carbonyl (C=O) groups excluding carboxylic acids is 2. The predicted molar refractivity (Wildman–Crippen MR) is 99.9 cm³/mol. The maximum absolute atomic E-state index is 12.4. The summed E-state index contributed by atoms with van der Waals surface area (Å²) in [5.41, 5.74) is 3.06. The molecule has 1 atom stereocenters. The van der Waals surface area contributed by atoms with Crippen LogP contribution in [0.1, 0.15) is 33.0 Å². The van der Waals surface area contributed by atoms with Gasteiger partial charge in [-0.3, -0.25) is 14.3 Å². The average molecular weight is 369 g/mol. The zero-order chi connectivity index (χ0) is 18.8. The molecule has 27 heavy (non-hydrogen) atoms. The van der Waals surface area contributed by atoms with Gasteiger partial charge in [-0.05, 0) is 24.5 Å². The molecular weight excluding hydrogens is 346 g/mol. The van der Waals surface area contributed by atoms with Crippen LogP contribution in [0.4, 0.5) is 5.69 Å². The number of β-amino-alcohol motifs (C(OH)–C–C–N with tert-alkyl or cyclic N) is 1. The van der Waals surface area contributed by atoms with Gasteiger partial charge in [-0.15, -0.1) is 0 Å². The number of aliphatic hydroxyl groups is 1. The summed E-state index contributed by atoms with van der Waals surface area (Å²) in [7, 11) is 0. The number of aryl methyl sites for hydroxylation is 1. The maximum Gasteiger partial charge on any atom is 0.271 e. The Morgan fingerprint density at radius 1 is 1.37 bits per heavy atom. The summed E-state index contributed by atoms with van der Waals surface area (Å²) in [5, 5.41) is 19.5. The number of fused-ring (bicyclic) bond motifs is 2. The molecule has 0 bridgehead atoms. The van der Waals surface area contributed by atoms with E-state index in [-0.39, 0.29) is 30.6 Å². The quantitative estimate of drug-likeness (QED) is 0.714. The maximum atomic E-state index is 12.4. The third-order valence-electron chi connectivity index (χ3n) is 5.00. The molecule has 0 aliphatic carbocycles. The Hall–Kier alpha value is -2.87. The molecule has 1 unspecified atom stereocenters. The molecule has 3 heterocycles. The lowest BCUT2D eigenvalue weighted by molar-refractivity contribution is 0.0931. The zero-order valence-corrected chi connectivity index (χ0v) is 15.0. The van der Waals surface area contributed by atoms with E-state index < -0.39 is 6.10 Å². The van der Waals surface area contributed by atoms with Crippen molar-refractivity contribution >= 4 is 17.5 Å². The molecule has 2 aliphatic rings. The Kier molecular flexibility index (Phi) is 4.81. The molecule has 0 fully saturated rings. The lowest BCUT2D eigenvalue weighted by Gasteiger charge is -2.31. The van der Waals surface area contributed by atoms with Crippen molar-refractivity contribution in [2.45, 2.75) is 25.5 Å². The molecule has 0 spiro atoms. The van der Waals surface area contributed by atoms with Gasteiger partial charge >= 0.3 is 0 Å². The van der Waals surface area contributed by atoms with E-state index in [1.807, 2.05) is 6.07 Å². The Morgan fingerprint density at radius 3 is 3.11 bits per heavy atom. The van der Waals surface area contributed by atoms with Crippen molar-refractivity contribution in [3.63, 3.8) is 0 Å². The largest absolute Gasteiger partial charge is 0.389 e. The molecule has 3 N–H and O–H groups in total. The summed E-state index contributed by atoms with van der Waals surface area (Å²) in [4.78, 5) is 26.7. The van der Waals surface area contributed by atoms with Gasteiger partial charge in [0.1, 0.15) is 5.69 Å². The smallest absolute Gasteiger partial charge is 0.271 e. The van der Waals surface area contributed by atoms with E-state index in [4.69, 9.17) is 0 Å². The van der Waals surface area contributed by atoms with Crippen LogP contribution < -0.4 is 15.5 Å². The molecule has 2 amide bonds. The van der Waals surface area contributed by atoms with Crippen molar-refractivity contribution in [2.75, 3.05) is 31.1 Å². The van der Waals surface area contributed by atoms with E-state index in [1.54, 1.807) is 0 Å². The van der Waals surface area contributed by atoms with Crippen LogP contribution in [-0.2, 0) is 13.0 Å². The molecule has 8 heteroatoms.